The summed E-state index contributed by atoms with van der Waals surface area (Å²) in [6.45, 7) is 0. The van der Waals surface area contributed by atoms with Gasteiger partial charge in [-0.25, -0.2) is 13.2 Å². The van der Waals surface area contributed by atoms with Crippen molar-refractivity contribution in [2.75, 3.05) is 7.05 Å². The van der Waals surface area contributed by atoms with Crippen molar-refractivity contribution in [3.8, 4) is 0 Å². The number of benzene rings is 1. The Morgan fingerprint density at radius 1 is 1.29 bits per heavy atom. The van der Waals surface area contributed by atoms with Crippen LogP contribution in [-0.4, -0.2) is 7.05 Å². The second kappa shape index (κ2) is 3.28. The highest BCUT2D eigenvalue weighted by Gasteiger charge is 2.29. The van der Waals surface area contributed by atoms with Crippen LogP contribution in [0.4, 0.5) is 13.2 Å². The maximum absolute atomic E-state index is 13.3. The van der Waals surface area contributed by atoms with E-state index in [0.717, 1.165) is 0 Å². The zero-order valence-electron chi connectivity index (χ0n) is 7.70. The number of hydrogen-bond acceptors (Lipinski definition) is 1. The first-order valence-corrected chi connectivity index (χ1v) is 4.48. The normalized spacial score (nSPS) is 19.9. The van der Waals surface area contributed by atoms with E-state index >= 15 is 0 Å². The molecule has 1 aliphatic rings. The molecular weight excluding hydrogens is 191 g/mol. The monoisotopic (exact) mass is 201 g/mol. The Labute approximate surface area is 79.9 Å². The average Bonchev–Trinajstić information content (AvgIpc) is 2.58. The molecule has 1 aliphatic carbocycles. The fourth-order valence-electron chi connectivity index (χ4n) is 1.99. The van der Waals surface area contributed by atoms with E-state index in [9.17, 15) is 13.2 Å². The molecule has 0 saturated heterocycles. The Hall–Kier alpha value is -1.03. The van der Waals surface area contributed by atoms with Crippen molar-refractivity contribution in [1.29, 1.82) is 0 Å². The summed E-state index contributed by atoms with van der Waals surface area (Å²) in [5.74, 6) is -2.67. The van der Waals surface area contributed by atoms with E-state index in [1.54, 1.807) is 7.05 Å². The summed E-state index contributed by atoms with van der Waals surface area (Å²) in [6.07, 6.45) is 1.08. The molecule has 0 aliphatic heterocycles. The van der Waals surface area contributed by atoms with Crippen LogP contribution in [0.5, 0.6) is 0 Å². The summed E-state index contributed by atoms with van der Waals surface area (Å²) >= 11 is 0. The minimum absolute atomic E-state index is 0.157. The van der Waals surface area contributed by atoms with Gasteiger partial charge in [0.2, 0.25) is 0 Å². The van der Waals surface area contributed by atoms with Gasteiger partial charge in [0.1, 0.15) is 5.82 Å². The molecule has 4 heteroatoms. The Morgan fingerprint density at radius 2 is 2.00 bits per heavy atom. The second-order valence-electron chi connectivity index (χ2n) is 3.43. The van der Waals surface area contributed by atoms with Crippen LogP contribution in [0.1, 0.15) is 23.6 Å². The van der Waals surface area contributed by atoms with Crippen molar-refractivity contribution >= 4 is 0 Å². The van der Waals surface area contributed by atoms with Crippen LogP contribution >= 0.6 is 0 Å². The lowest BCUT2D eigenvalue weighted by Crippen LogP contribution is -2.15. The molecule has 1 aromatic carbocycles. The summed E-state index contributed by atoms with van der Waals surface area (Å²) in [5.41, 5.74) is 0.466. The zero-order chi connectivity index (χ0) is 10.3. The van der Waals surface area contributed by atoms with E-state index in [0.29, 0.717) is 24.5 Å². The molecular formula is C10H10F3N. The van der Waals surface area contributed by atoms with Crippen molar-refractivity contribution in [1.82, 2.24) is 5.32 Å². The molecule has 76 valence electrons. The largest absolute Gasteiger partial charge is 0.313 e. The van der Waals surface area contributed by atoms with Gasteiger partial charge in [-0.1, -0.05) is 0 Å². The number of fused-ring (bicyclic) bond motifs is 1. The molecule has 0 heterocycles. The molecule has 0 fully saturated rings. The van der Waals surface area contributed by atoms with E-state index in [2.05, 4.69) is 5.32 Å². The fourth-order valence-corrected chi connectivity index (χ4v) is 1.99. The standard InChI is InChI=1S/C10H10F3N/c1-14-8-3-2-5-6(11)4-7(12)10(13)9(5)8/h4,8,14H,2-3H2,1H3. The van der Waals surface area contributed by atoms with Crippen molar-refractivity contribution < 1.29 is 13.2 Å². The summed E-state index contributed by atoms with van der Waals surface area (Å²) in [5, 5.41) is 2.84. The molecule has 1 N–H and O–H groups in total. The second-order valence-corrected chi connectivity index (χ2v) is 3.43. The topological polar surface area (TPSA) is 12.0 Å². The predicted octanol–water partition coefficient (Wildman–Crippen LogP) is 2.31. The SMILES string of the molecule is CNC1CCc2c(F)cc(F)c(F)c21. The lowest BCUT2D eigenvalue weighted by Gasteiger charge is -2.11. The van der Waals surface area contributed by atoms with E-state index < -0.39 is 17.5 Å². The number of hydrogen-bond donors (Lipinski definition) is 1. The van der Waals surface area contributed by atoms with Crippen molar-refractivity contribution in [3.05, 3.63) is 34.6 Å². The molecule has 0 radical (unpaired) electrons. The van der Waals surface area contributed by atoms with Crippen LogP contribution in [0, 0.1) is 17.5 Å². The minimum atomic E-state index is -1.11. The Kier molecular flexibility index (Phi) is 2.23. The smallest absolute Gasteiger partial charge is 0.164 e. The van der Waals surface area contributed by atoms with Gasteiger partial charge in [-0.3, -0.25) is 0 Å². The summed E-state index contributed by atoms with van der Waals surface area (Å²) in [4.78, 5) is 0. The first kappa shape index (κ1) is 9.52. The van der Waals surface area contributed by atoms with Crippen LogP contribution in [0.2, 0.25) is 0 Å². The van der Waals surface area contributed by atoms with E-state index in [1.165, 1.54) is 0 Å². The summed E-state index contributed by atoms with van der Waals surface area (Å²) in [7, 11) is 1.65. The maximum Gasteiger partial charge on any atom is 0.164 e. The van der Waals surface area contributed by atoms with Crippen LogP contribution in [0.25, 0.3) is 0 Å². The minimum Gasteiger partial charge on any atom is -0.313 e. The molecule has 14 heavy (non-hydrogen) atoms. The average molecular weight is 201 g/mol. The van der Waals surface area contributed by atoms with Crippen LogP contribution in [0.3, 0.4) is 0 Å². The number of nitrogens with one attached hydrogen (secondary N) is 1. The third kappa shape index (κ3) is 1.21. The quantitative estimate of drug-likeness (QED) is 0.687. The Bertz CT molecular complexity index is 376. The van der Waals surface area contributed by atoms with Crippen LogP contribution in [0.15, 0.2) is 6.07 Å². The third-order valence-electron chi connectivity index (χ3n) is 2.69. The molecule has 2 rings (SSSR count). The van der Waals surface area contributed by atoms with E-state index in [-0.39, 0.29) is 11.6 Å². The maximum atomic E-state index is 13.3. The van der Waals surface area contributed by atoms with Gasteiger partial charge in [-0.05, 0) is 25.5 Å². The summed E-state index contributed by atoms with van der Waals surface area (Å²) in [6, 6.07) is 0.349. The lowest BCUT2D eigenvalue weighted by molar-refractivity contribution is 0.470. The van der Waals surface area contributed by atoms with Gasteiger partial charge < -0.3 is 5.32 Å². The van der Waals surface area contributed by atoms with Gasteiger partial charge in [-0.2, -0.15) is 0 Å². The molecule has 1 nitrogen and oxygen atoms in total. The first-order chi connectivity index (χ1) is 6.65. The fraction of sp³-hybridized carbons (Fsp3) is 0.400. The van der Waals surface area contributed by atoms with Gasteiger partial charge in [-0.15, -0.1) is 0 Å². The number of rotatable bonds is 1. The molecule has 0 saturated carbocycles. The van der Waals surface area contributed by atoms with Crippen molar-refractivity contribution in [3.63, 3.8) is 0 Å². The van der Waals surface area contributed by atoms with E-state index in [4.69, 9.17) is 0 Å². The lowest BCUT2D eigenvalue weighted by atomic mass is 10.1. The highest BCUT2D eigenvalue weighted by atomic mass is 19.2. The van der Waals surface area contributed by atoms with Gasteiger partial charge in [0.25, 0.3) is 0 Å². The molecule has 0 spiro atoms. The molecule has 1 unspecified atom stereocenters. The highest BCUT2D eigenvalue weighted by Crippen LogP contribution is 2.35. The number of halogens is 3. The Balaban J connectivity index is 2.62. The Morgan fingerprint density at radius 3 is 2.64 bits per heavy atom. The van der Waals surface area contributed by atoms with Crippen LogP contribution < -0.4 is 5.32 Å². The predicted molar refractivity (Wildman–Crippen MR) is 46.4 cm³/mol. The van der Waals surface area contributed by atoms with E-state index in [1.807, 2.05) is 0 Å². The molecule has 1 atom stereocenters. The van der Waals surface area contributed by atoms with Gasteiger partial charge in [0.15, 0.2) is 11.6 Å². The van der Waals surface area contributed by atoms with Gasteiger partial charge >= 0.3 is 0 Å². The summed E-state index contributed by atoms with van der Waals surface area (Å²) < 4.78 is 39.4. The highest BCUT2D eigenvalue weighted by molar-refractivity contribution is 5.37. The molecule has 0 bridgehead atoms. The molecule has 0 aromatic heterocycles. The van der Waals surface area contributed by atoms with Crippen molar-refractivity contribution in [2.24, 2.45) is 0 Å². The molecule has 1 aromatic rings. The third-order valence-corrected chi connectivity index (χ3v) is 2.69. The molecule has 0 amide bonds. The van der Waals surface area contributed by atoms with Crippen LogP contribution in [-0.2, 0) is 6.42 Å². The van der Waals surface area contributed by atoms with Gasteiger partial charge in [0.05, 0.1) is 0 Å². The zero-order valence-corrected chi connectivity index (χ0v) is 7.70. The van der Waals surface area contributed by atoms with Gasteiger partial charge in [0, 0.05) is 17.7 Å². The first-order valence-electron chi connectivity index (χ1n) is 4.48. The van der Waals surface area contributed by atoms with Crippen molar-refractivity contribution in [2.45, 2.75) is 18.9 Å².